The predicted octanol–water partition coefficient (Wildman–Crippen LogP) is 2.39. The normalized spacial score (nSPS) is 26.3. The number of hydrazone groups is 1. The topological polar surface area (TPSA) is 65.9 Å². The number of ether oxygens (including phenoxy) is 1. The summed E-state index contributed by atoms with van der Waals surface area (Å²) in [6.07, 6.45) is 6.77. The SMILES string of the molecule is COc1cccc(/C=N/NC(=S)N[C@H]2C[C@@H]3CC[C@H]2C3)c1O. The number of rotatable bonds is 4. The Morgan fingerprint density at radius 2 is 2.27 bits per heavy atom. The Kier molecular flexibility index (Phi) is 4.47. The maximum atomic E-state index is 9.96. The summed E-state index contributed by atoms with van der Waals surface area (Å²) in [5.41, 5.74) is 3.40. The van der Waals surface area contributed by atoms with Crippen molar-refractivity contribution in [1.29, 1.82) is 0 Å². The monoisotopic (exact) mass is 319 g/mol. The number of phenolic OH excluding ortho intramolecular Hbond substituents is 1. The van der Waals surface area contributed by atoms with Crippen LogP contribution in [0.3, 0.4) is 0 Å². The lowest BCUT2D eigenvalue weighted by Gasteiger charge is -2.23. The molecule has 2 aliphatic rings. The van der Waals surface area contributed by atoms with Gasteiger partial charge < -0.3 is 15.2 Å². The summed E-state index contributed by atoms with van der Waals surface area (Å²) in [6, 6.07) is 5.74. The lowest BCUT2D eigenvalue weighted by atomic mass is 9.96. The van der Waals surface area contributed by atoms with Crippen molar-refractivity contribution < 1.29 is 9.84 Å². The van der Waals surface area contributed by atoms with E-state index in [-0.39, 0.29) is 5.75 Å². The third-order valence-corrected chi connectivity index (χ3v) is 4.88. The molecule has 3 N–H and O–H groups in total. The number of phenols is 1. The van der Waals surface area contributed by atoms with Gasteiger partial charge in [0.2, 0.25) is 0 Å². The van der Waals surface area contributed by atoms with E-state index in [1.165, 1.54) is 39.0 Å². The van der Waals surface area contributed by atoms with Crippen LogP contribution in [-0.2, 0) is 0 Å². The van der Waals surface area contributed by atoms with Crippen molar-refractivity contribution in [2.45, 2.75) is 31.7 Å². The average Bonchev–Trinajstić information content (AvgIpc) is 3.11. The molecule has 1 aromatic carbocycles. The number of hydrogen-bond donors (Lipinski definition) is 3. The maximum absolute atomic E-state index is 9.96. The van der Waals surface area contributed by atoms with Crippen LogP contribution < -0.4 is 15.5 Å². The Labute approximate surface area is 135 Å². The highest BCUT2D eigenvalue weighted by molar-refractivity contribution is 7.80. The summed E-state index contributed by atoms with van der Waals surface area (Å²) in [5, 5.41) is 17.9. The third-order valence-electron chi connectivity index (χ3n) is 4.67. The Balaban J connectivity index is 1.52. The molecule has 118 valence electrons. The Bertz CT molecular complexity index is 591. The van der Waals surface area contributed by atoms with Crippen LogP contribution in [0.5, 0.6) is 11.5 Å². The van der Waals surface area contributed by atoms with Crippen molar-refractivity contribution in [3.05, 3.63) is 23.8 Å². The zero-order valence-electron chi connectivity index (χ0n) is 12.6. The van der Waals surface area contributed by atoms with E-state index in [0.29, 0.717) is 22.5 Å². The Hall–Kier alpha value is -1.82. The van der Waals surface area contributed by atoms with Gasteiger partial charge in [0.15, 0.2) is 16.6 Å². The molecular weight excluding hydrogens is 298 g/mol. The molecule has 2 bridgehead atoms. The van der Waals surface area contributed by atoms with Gasteiger partial charge in [0.1, 0.15) is 0 Å². The van der Waals surface area contributed by atoms with Crippen molar-refractivity contribution in [3.63, 3.8) is 0 Å². The number of fused-ring (bicyclic) bond motifs is 2. The number of hydrogen-bond acceptors (Lipinski definition) is 4. The van der Waals surface area contributed by atoms with E-state index in [9.17, 15) is 5.11 Å². The molecule has 0 spiro atoms. The van der Waals surface area contributed by atoms with Crippen LogP contribution in [0.25, 0.3) is 0 Å². The zero-order valence-corrected chi connectivity index (χ0v) is 13.4. The molecule has 6 heteroatoms. The quantitative estimate of drug-likeness (QED) is 0.452. The zero-order chi connectivity index (χ0) is 15.5. The van der Waals surface area contributed by atoms with Gasteiger partial charge in [-0.3, -0.25) is 5.43 Å². The minimum absolute atomic E-state index is 0.0718. The molecule has 3 rings (SSSR count). The summed E-state index contributed by atoms with van der Waals surface area (Å²) < 4.78 is 5.06. The van der Waals surface area contributed by atoms with Gasteiger partial charge in [0, 0.05) is 11.6 Å². The van der Waals surface area contributed by atoms with Gasteiger partial charge in [0.25, 0.3) is 0 Å². The van der Waals surface area contributed by atoms with Crippen molar-refractivity contribution >= 4 is 23.5 Å². The fourth-order valence-corrected chi connectivity index (χ4v) is 3.79. The van der Waals surface area contributed by atoms with E-state index in [1.54, 1.807) is 18.2 Å². The van der Waals surface area contributed by atoms with Crippen molar-refractivity contribution in [2.75, 3.05) is 7.11 Å². The molecule has 1 aromatic rings. The van der Waals surface area contributed by atoms with E-state index in [0.717, 1.165) is 11.8 Å². The second-order valence-corrected chi connectivity index (χ2v) is 6.43. The molecule has 0 aromatic heterocycles. The van der Waals surface area contributed by atoms with Gasteiger partial charge in [-0.25, -0.2) is 0 Å². The third kappa shape index (κ3) is 3.16. The molecule has 0 amide bonds. The molecule has 2 saturated carbocycles. The first-order chi connectivity index (χ1) is 10.7. The molecule has 22 heavy (non-hydrogen) atoms. The Morgan fingerprint density at radius 1 is 1.41 bits per heavy atom. The van der Waals surface area contributed by atoms with E-state index >= 15 is 0 Å². The summed E-state index contributed by atoms with van der Waals surface area (Å²) in [4.78, 5) is 0. The van der Waals surface area contributed by atoms with Crippen LogP contribution in [0.1, 0.15) is 31.2 Å². The lowest BCUT2D eigenvalue weighted by molar-refractivity contribution is 0.373. The minimum Gasteiger partial charge on any atom is -0.504 e. The van der Waals surface area contributed by atoms with E-state index in [2.05, 4.69) is 15.8 Å². The maximum Gasteiger partial charge on any atom is 0.187 e. The molecular formula is C16H21N3O2S. The van der Waals surface area contributed by atoms with Crippen LogP contribution in [0.2, 0.25) is 0 Å². The van der Waals surface area contributed by atoms with Crippen molar-refractivity contribution in [2.24, 2.45) is 16.9 Å². The highest BCUT2D eigenvalue weighted by atomic mass is 32.1. The standard InChI is InChI=1S/C16H21N3O2S/c1-21-14-4-2-3-12(15(14)20)9-17-19-16(22)18-13-8-10-5-6-11(13)7-10/h2-4,9-11,13,20H,5-8H2,1H3,(H2,18,19,22)/b17-9+/t10-,11+,13+/m1/s1. The van der Waals surface area contributed by atoms with Crippen LogP contribution >= 0.6 is 12.2 Å². The number of thiocarbonyl (C=S) groups is 1. The van der Waals surface area contributed by atoms with Crippen molar-refractivity contribution in [1.82, 2.24) is 10.7 Å². The van der Waals surface area contributed by atoms with Crippen LogP contribution in [0.15, 0.2) is 23.3 Å². The molecule has 0 heterocycles. The molecule has 5 nitrogen and oxygen atoms in total. The van der Waals surface area contributed by atoms with Gasteiger partial charge in [-0.15, -0.1) is 0 Å². The molecule has 0 radical (unpaired) electrons. The fraction of sp³-hybridized carbons (Fsp3) is 0.500. The summed E-state index contributed by atoms with van der Waals surface area (Å²) in [7, 11) is 1.52. The first kappa shape index (κ1) is 15.1. The lowest BCUT2D eigenvalue weighted by Crippen LogP contribution is -2.42. The van der Waals surface area contributed by atoms with Crippen LogP contribution in [0, 0.1) is 11.8 Å². The van der Waals surface area contributed by atoms with E-state index < -0.39 is 0 Å². The molecule has 0 aliphatic heterocycles. The predicted molar refractivity (Wildman–Crippen MR) is 90.4 cm³/mol. The van der Waals surface area contributed by atoms with Gasteiger partial charge in [-0.05, 0) is 55.4 Å². The number of nitrogens with zero attached hydrogens (tertiary/aromatic N) is 1. The molecule has 3 atom stereocenters. The molecule has 0 saturated heterocycles. The molecule has 0 unspecified atom stereocenters. The molecule has 2 aliphatic carbocycles. The van der Waals surface area contributed by atoms with E-state index in [1.807, 2.05) is 0 Å². The first-order valence-electron chi connectivity index (χ1n) is 7.63. The largest absolute Gasteiger partial charge is 0.504 e. The number of nitrogens with one attached hydrogen (secondary N) is 2. The number of benzene rings is 1. The highest BCUT2D eigenvalue weighted by Crippen LogP contribution is 2.44. The van der Waals surface area contributed by atoms with Crippen LogP contribution in [-0.4, -0.2) is 29.6 Å². The fourth-order valence-electron chi connectivity index (χ4n) is 3.59. The minimum atomic E-state index is 0.0718. The number of para-hydroxylation sites is 1. The van der Waals surface area contributed by atoms with Crippen molar-refractivity contribution in [3.8, 4) is 11.5 Å². The van der Waals surface area contributed by atoms with Gasteiger partial charge in [-0.2, -0.15) is 5.10 Å². The highest BCUT2D eigenvalue weighted by Gasteiger charge is 2.39. The van der Waals surface area contributed by atoms with Crippen LogP contribution in [0.4, 0.5) is 0 Å². The average molecular weight is 319 g/mol. The van der Waals surface area contributed by atoms with E-state index in [4.69, 9.17) is 17.0 Å². The number of aromatic hydroxyl groups is 1. The first-order valence-corrected chi connectivity index (χ1v) is 8.03. The Morgan fingerprint density at radius 3 is 2.95 bits per heavy atom. The van der Waals surface area contributed by atoms with Gasteiger partial charge in [-0.1, -0.05) is 12.5 Å². The smallest absolute Gasteiger partial charge is 0.187 e. The molecule has 2 fully saturated rings. The van der Waals surface area contributed by atoms with Gasteiger partial charge in [0.05, 0.1) is 13.3 Å². The second kappa shape index (κ2) is 6.52. The summed E-state index contributed by atoms with van der Waals surface area (Å²) >= 11 is 5.28. The summed E-state index contributed by atoms with van der Waals surface area (Å²) in [6.45, 7) is 0. The van der Waals surface area contributed by atoms with Gasteiger partial charge >= 0.3 is 0 Å². The number of methoxy groups -OCH3 is 1. The second-order valence-electron chi connectivity index (χ2n) is 6.02. The summed E-state index contributed by atoms with van der Waals surface area (Å²) in [5.74, 6) is 2.13.